The minimum Gasteiger partial charge on any atom is -0.314 e. The molecule has 0 aromatic rings. The molecule has 1 aliphatic rings. The Morgan fingerprint density at radius 2 is 1.90 bits per heavy atom. The van der Waals surface area contributed by atoms with Crippen molar-refractivity contribution < 1.29 is 12.7 Å². The van der Waals surface area contributed by atoms with Crippen molar-refractivity contribution in [2.45, 2.75) is 0 Å². The van der Waals surface area contributed by atoms with Crippen LogP contribution in [0.15, 0.2) is 0 Å². The maximum absolute atomic E-state index is 10.0. The van der Waals surface area contributed by atoms with Crippen LogP contribution >= 0.6 is 0 Å². The summed E-state index contributed by atoms with van der Waals surface area (Å²) in [7, 11) is -2.73. The average molecular weight is 166 g/mol. The van der Waals surface area contributed by atoms with Crippen LogP contribution in [-0.2, 0) is 15.3 Å². The second-order valence-electron chi connectivity index (χ2n) is 1.98. The molecule has 0 saturated carbocycles. The first-order chi connectivity index (χ1) is 4.79. The summed E-state index contributed by atoms with van der Waals surface area (Å²) in [4.78, 5) is 0. The molecule has 10 heavy (non-hydrogen) atoms. The molecule has 5 nitrogen and oxygen atoms in total. The Kier molecular flexibility index (Phi) is 3.07. The van der Waals surface area contributed by atoms with Gasteiger partial charge < -0.3 is 5.32 Å². The normalized spacial score (nSPS) is 21.7. The maximum atomic E-state index is 10.0. The zero-order valence-electron chi connectivity index (χ0n) is 5.45. The Balaban J connectivity index is 2.26. The van der Waals surface area contributed by atoms with E-state index in [1.54, 1.807) is 0 Å². The van der Waals surface area contributed by atoms with Gasteiger partial charge in [0.1, 0.15) is 0 Å². The van der Waals surface area contributed by atoms with Gasteiger partial charge in [0.2, 0.25) is 0 Å². The Morgan fingerprint density at radius 3 is 2.40 bits per heavy atom. The van der Waals surface area contributed by atoms with Crippen molar-refractivity contribution in [2.75, 3.05) is 26.2 Å². The number of thiol groups is 1. The molecule has 0 aromatic carbocycles. The number of nitrogens with zero attached hydrogens (tertiary/aromatic N) is 1. The molecule has 60 valence electrons. The molecule has 0 amide bonds. The molecule has 0 unspecified atom stereocenters. The molecule has 1 saturated heterocycles. The van der Waals surface area contributed by atoms with Gasteiger partial charge >= 0.3 is 0 Å². The van der Waals surface area contributed by atoms with Crippen LogP contribution in [0.25, 0.3) is 0 Å². The third-order valence-electron chi connectivity index (χ3n) is 1.26. The quantitative estimate of drug-likeness (QED) is 0.481. The lowest BCUT2D eigenvalue weighted by molar-refractivity contribution is -0.0550. The summed E-state index contributed by atoms with van der Waals surface area (Å²) in [5, 5.41) is 4.50. The highest BCUT2D eigenvalue weighted by Crippen LogP contribution is 1.92. The zero-order chi connectivity index (χ0) is 7.40. The smallest absolute Gasteiger partial charge is 0.273 e. The van der Waals surface area contributed by atoms with E-state index in [1.807, 2.05) is 0 Å². The van der Waals surface area contributed by atoms with E-state index in [-0.39, 0.29) is 0 Å². The van der Waals surface area contributed by atoms with E-state index >= 15 is 0 Å². The fraction of sp³-hybridized carbons (Fsp3) is 1.00. The lowest BCUT2D eigenvalue weighted by Gasteiger charge is -2.22. The molecule has 0 radical (unpaired) electrons. The van der Waals surface area contributed by atoms with Gasteiger partial charge in [0.15, 0.2) is 0 Å². The summed E-state index contributed by atoms with van der Waals surface area (Å²) in [5.74, 6) is 0. The fourth-order valence-electron chi connectivity index (χ4n) is 0.820. The third kappa shape index (κ3) is 2.61. The number of piperazine rings is 1. The van der Waals surface area contributed by atoms with Crippen molar-refractivity contribution in [1.82, 2.24) is 10.4 Å². The van der Waals surface area contributed by atoms with Crippen LogP contribution in [0.3, 0.4) is 0 Å². The highest BCUT2D eigenvalue weighted by atomic mass is 32.2. The molecule has 6 heteroatoms. The highest BCUT2D eigenvalue weighted by Gasteiger charge is 2.09. The number of hydroxylamine groups is 2. The second kappa shape index (κ2) is 3.87. The lowest BCUT2D eigenvalue weighted by atomic mass is 10.4. The SMILES string of the molecule is O=[SH](=O)ON1CCNCC1. The fourth-order valence-corrected chi connectivity index (χ4v) is 1.17. The van der Waals surface area contributed by atoms with E-state index in [4.69, 9.17) is 0 Å². The van der Waals surface area contributed by atoms with Crippen LogP contribution in [0.4, 0.5) is 0 Å². The predicted molar refractivity (Wildman–Crippen MR) is 35.8 cm³/mol. The summed E-state index contributed by atoms with van der Waals surface area (Å²) in [6, 6.07) is 0. The number of hydrogen-bond acceptors (Lipinski definition) is 5. The predicted octanol–water partition coefficient (Wildman–Crippen LogP) is -1.65. The van der Waals surface area contributed by atoms with Gasteiger partial charge in [0.25, 0.3) is 11.0 Å². The number of rotatable bonds is 2. The largest absolute Gasteiger partial charge is 0.314 e. The molecule has 0 spiro atoms. The molecule has 1 rings (SSSR count). The van der Waals surface area contributed by atoms with E-state index in [9.17, 15) is 8.42 Å². The van der Waals surface area contributed by atoms with Gasteiger partial charge in [0.05, 0.1) is 0 Å². The van der Waals surface area contributed by atoms with Crippen LogP contribution in [0.1, 0.15) is 0 Å². The zero-order valence-corrected chi connectivity index (χ0v) is 6.34. The Morgan fingerprint density at radius 1 is 1.30 bits per heavy atom. The topological polar surface area (TPSA) is 58.6 Å². The van der Waals surface area contributed by atoms with Crippen molar-refractivity contribution in [3.63, 3.8) is 0 Å². The standard InChI is InChI=1S/C4H10N2O3S/c7-10(8)9-6-3-1-5-2-4-6/h5,10H,1-4H2. The summed E-state index contributed by atoms with van der Waals surface area (Å²) in [5.41, 5.74) is 0. The number of nitrogens with one attached hydrogen (secondary N) is 1. The van der Waals surface area contributed by atoms with Crippen LogP contribution in [0, 0.1) is 0 Å². The van der Waals surface area contributed by atoms with E-state index in [2.05, 4.69) is 9.60 Å². The minimum absolute atomic E-state index is 0.628. The molecule has 0 bridgehead atoms. The van der Waals surface area contributed by atoms with E-state index < -0.39 is 11.0 Å². The maximum Gasteiger partial charge on any atom is 0.273 e. The highest BCUT2D eigenvalue weighted by molar-refractivity contribution is 7.67. The summed E-state index contributed by atoms with van der Waals surface area (Å²) >= 11 is 0. The number of hydrogen-bond donors (Lipinski definition) is 2. The Hall–Kier alpha value is -0.170. The van der Waals surface area contributed by atoms with Crippen molar-refractivity contribution in [3.8, 4) is 0 Å². The van der Waals surface area contributed by atoms with Gasteiger partial charge in [-0.25, -0.2) is 8.42 Å². The summed E-state index contributed by atoms with van der Waals surface area (Å²) in [6.45, 7) is 2.82. The molecule has 1 aliphatic heterocycles. The van der Waals surface area contributed by atoms with Gasteiger partial charge in [0, 0.05) is 26.2 Å². The van der Waals surface area contributed by atoms with Crippen molar-refractivity contribution >= 4 is 11.0 Å². The first-order valence-electron chi connectivity index (χ1n) is 3.07. The average Bonchev–Trinajstić information content (AvgIpc) is 1.88. The third-order valence-corrected chi connectivity index (χ3v) is 1.62. The van der Waals surface area contributed by atoms with E-state index in [0.717, 1.165) is 13.1 Å². The van der Waals surface area contributed by atoms with Gasteiger partial charge in [-0.05, 0) is 0 Å². The van der Waals surface area contributed by atoms with Crippen LogP contribution < -0.4 is 5.32 Å². The van der Waals surface area contributed by atoms with Crippen molar-refractivity contribution in [2.24, 2.45) is 0 Å². The Bertz CT molecular complexity index is 156. The minimum atomic E-state index is -2.73. The molecule has 0 aliphatic carbocycles. The molecule has 1 fully saturated rings. The first kappa shape index (κ1) is 7.93. The van der Waals surface area contributed by atoms with Gasteiger partial charge in [-0.2, -0.15) is 9.35 Å². The van der Waals surface area contributed by atoms with Gasteiger partial charge in [-0.1, -0.05) is 0 Å². The summed E-state index contributed by atoms with van der Waals surface area (Å²) in [6.07, 6.45) is 0. The molecule has 0 aromatic heterocycles. The van der Waals surface area contributed by atoms with Crippen molar-refractivity contribution in [3.05, 3.63) is 0 Å². The molecule has 1 heterocycles. The lowest BCUT2D eigenvalue weighted by Crippen LogP contribution is -2.43. The van der Waals surface area contributed by atoms with Gasteiger partial charge in [-0.3, -0.25) is 0 Å². The van der Waals surface area contributed by atoms with E-state index in [0.29, 0.717) is 13.1 Å². The monoisotopic (exact) mass is 166 g/mol. The van der Waals surface area contributed by atoms with Crippen LogP contribution in [-0.4, -0.2) is 39.7 Å². The van der Waals surface area contributed by atoms with Crippen LogP contribution in [0.2, 0.25) is 0 Å². The first-order valence-corrected chi connectivity index (χ1v) is 4.17. The molecular weight excluding hydrogens is 156 g/mol. The molecule has 0 atom stereocenters. The van der Waals surface area contributed by atoms with E-state index in [1.165, 1.54) is 5.06 Å². The van der Waals surface area contributed by atoms with Crippen molar-refractivity contribution in [1.29, 1.82) is 0 Å². The van der Waals surface area contributed by atoms with Gasteiger partial charge in [-0.15, -0.1) is 0 Å². The summed E-state index contributed by atoms with van der Waals surface area (Å²) < 4.78 is 24.5. The van der Waals surface area contributed by atoms with Crippen LogP contribution in [0.5, 0.6) is 0 Å². The second-order valence-corrected chi connectivity index (χ2v) is 2.59. The molecule has 1 N–H and O–H groups in total. The molecular formula is C4H10N2O3S. The Labute approximate surface area is 61.1 Å².